The van der Waals surface area contributed by atoms with Crippen LogP contribution < -0.4 is 5.32 Å². The van der Waals surface area contributed by atoms with Crippen LogP contribution in [0.25, 0.3) is 0 Å². The zero-order valence-electron chi connectivity index (χ0n) is 12.6. The first-order valence-corrected chi connectivity index (χ1v) is 8.28. The van der Waals surface area contributed by atoms with Gasteiger partial charge in [0.25, 0.3) is 0 Å². The molecule has 20 heavy (non-hydrogen) atoms. The number of carbonyl (C=O) groups excluding carboxylic acids is 1. The van der Waals surface area contributed by atoms with Crippen molar-refractivity contribution in [1.82, 2.24) is 15.1 Å². The molecule has 0 saturated carbocycles. The molecule has 4 nitrogen and oxygen atoms in total. The van der Waals surface area contributed by atoms with Crippen molar-refractivity contribution in [3.05, 3.63) is 22.4 Å². The highest BCUT2D eigenvalue weighted by molar-refractivity contribution is 7.07. The third-order valence-corrected chi connectivity index (χ3v) is 4.50. The predicted molar refractivity (Wildman–Crippen MR) is 84.0 cm³/mol. The summed E-state index contributed by atoms with van der Waals surface area (Å²) in [5, 5.41) is 7.32. The Morgan fingerprint density at radius 2 is 2.00 bits per heavy atom. The molecule has 0 bridgehead atoms. The Balaban J connectivity index is 1.76. The van der Waals surface area contributed by atoms with Gasteiger partial charge >= 0.3 is 0 Å². The molecule has 1 unspecified atom stereocenters. The third-order valence-electron chi connectivity index (χ3n) is 3.80. The van der Waals surface area contributed by atoms with Crippen LogP contribution in [0, 0.1) is 0 Å². The zero-order valence-corrected chi connectivity index (χ0v) is 13.4. The molecule has 1 saturated heterocycles. The van der Waals surface area contributed by atoms with E-state index in [1.165, 1.54) is 5.56 Å². The molecule has 0 aliphatic carbocycles. The number of nitrogens with one attached hydrogen (secondary N) is 1. The Hall–Kier alpha value is -0.910. The van der Waals surface area contributed by atoms with Gasteiger partial charge in [0.15, 0.2) is 0 Å². The molecule has 1 aliphatic heterocycles. The van der Waals surface area contributed by atoms with Gasteiger partial charge in [-0.25, -0.2) is 0 Å². The highest BCUT2D eigenvalue weighted by Crippen LogP contribution is 2.23. The summed E-state index contributed by atoms with van der Waals surface area (Å²) in [6.07, 6.45) is 0. The SMILES string of the molecule is CC(C)NC(=O)CN1CCN(C(C)c2ccsc2)CC1. The highest BCUT2D eigenvalue weighted by Gasteiger charge is 2.23. The maximum atomic E-state index is 11.8. The number of piperazine rings is 1. The Kier molecular flexibility index (Phi) is 5.57. The van der Waals surface area contributed by atoms with Crippen LogP contribution in [0.1, 0.15) is 32.4 Å². The van der Waals surface area contributed by atoms with Crippen LogP contribution in [-0.2, 0) is 4.79 Å². The van der Waals surface area contributed by atoms with E-state index in [9.17, 15) is 4.79 Å². The average Bonchev–Trinajstić information content (AvgIpc) is 2.91. The lowest BCUT2D eigenvalue weighted by Gasteiger charge is -2.37. The number of rotatable bonds is 5. The van der Waals surface area contributed by atoms with Gasteiger partial charge in [0.05, 0.1) is 6.54 Å². The molecule has 2 heterocycles. The fourth-order valence-corrected chi connectivity index (χ4v) is 3.35. The fourth-order valence-electron chi connectivity index (χ4n) is 2.60. The molecule has 1 fully saturated rings. The highest BCUT2D eigenvalue weighted by atomic mass is 32.1. The second kappa shape index (κ2) is 7.20. The van der Waals surface area contributed by atoms with Crippen molar-refractivity contribution in [2.75, 3.05) is 32.7 Å². The van der Waals surface area contributed by atoms with Crippen LogP contribution in [0.3, 0.4) is 0 Å². The Labute approximate surface area is 125 Å². The van der Waals surface area contributed by atoms with Crippen LogP contribution in [-0.4, -0.2) is 54.5 Å². The smallest absolute Gasteiger partial charge is 0.234 e. The van der Waals surface area contributed by atoms with E-state index in [4.69, 9.17) is 0 Å². The Morgan fingerprint density at radius 1 is 1.30 bits per heavy atom. The predicted octanol–water partition coefficient (Wildman–Crippen LogP) is 1.95. The molecule has 0 spiro atoms. The van der Waals surface area contributed by atoms with Crippen LogP contribution in [0.2, 0.25) is 0 Å². The minimum absolute atomic E-state index is 0.138. The van der Waals surface area contributed by atoms with Gasteiger partial charge < -0.3 is 5.32 Å². The van der Waals surface area contributed by atoms with Gasteiger partial charge in [-0.15, -0.1) is 0 Å². The summed E-state index contributed by atoms with van der Waals surface area (Å²) in [5.41, 5.74) is 1.40. The van der Waals surface area contributed by atoms with E-state index in [1.807, 2.05) is 13.8 Å². The van der Waals surface area contributed by atoms with E-state index in [-0.39, 0.29) is 11.9 Å². The van der Waals surface area contributed by atoms with E-state index < -0.39 is 0 Å². The van der Waals surface area contributed by atoms with Crippen molar-refractivity contribution in [3.8, 4) is 0 Å². The molecule has 112 valence electrons. The average molecular weight is 295 g/mol. The number of hydrogen-bond donors (Lipinski definition) is 1. The third kappa shape index (κ3) is 4.30. The molecule has 0 radical (unpaired) electrons. The van der Waals surface area contributed by atoms with Gasteiger partial charge in [0, 0.05) is 38.3 Å². The van der Waals surface area contributed by atoms with Gasteiger partial charge in [-0.3, -0.25) is 14.6 Å². The molecule has 5 heteroatoms. The number of hydrogen-bond acceptors (Lipinski definition) is 4. The van der Waals surface area contributed by atoms with Crippen molar-refractivity contribution in [2.24, 2.45) is 0 Å². The monoisotopic (exact) mass is 295 g/mol. The summed E-state index contributed by atoms with van der Waals surface area (Å²) >= 11 is 1.76. The van der Waals surface area contributed by atoms with E-state index in [0.29, 0.717) is 12.6 Å². The summed E-state index contributed by atoms with van der Waals surface area (Å²) in [6, 6.07) is 2.91. The molecule has 1 aromatic rings. The molecular formula is C15H25N3OS. The second-order valence-corrected chi connectivity index (χ2v) is 6.55. The van der Waals surface area contributed by atoms with Gasteiger partial charge in [-0.2, -0.15) is 11.3 Å². The molecule has 2 rings (SSSR count). The Morgan fingerprint density at radius 3 is 2.55 bits per heavy atom. The number of amides is 1. The molecule has 0 aromatic carbocycles. The summed E-state index contributed by atoms with van der Waals surface area (Å²) in [6.45, 7) is 10.8. The van der Waals surface area contributed by atoms with Crippen molar-refractivity contribution in [2.45, 2.75) is 32.9 Å². The first-order chi connectivity index (χ1) is 9.56. The fraction of sp³-hybridized carbons (Fsp3) is 0.667. The summed E-state index contributed by atoms with van der Waals surface area (Å²) < 4.78 is 0. The quantitative estimate of drug-likeness (QED) is 0.902. The zero-order chi connectivity index (χ0) is 14.5. The minimum atomic E-state index is 0.138. The normalized spacial score (nSPS) is 19.2. The van der Waals surface area contributed by atoms with Gasteiger partial charge in [-0.05, 0) is 43.2 Å². The summed E-state index contributed by atoms with van der Waals surface area (Å²) in [7, 11) is 0. The van der Waals surface area contributed by atoms with Gasteiger partial charge in [-0.1, -0.05) is 0 Å². The maximum Gasteiger partial charge on any atom is 0.234 e. The first kappa shape index (κ1) is 15.5. The van der Waals surface area contributed by atoms with Gasteiger partial charge in [0.2, 0.25) is 5.91 Å². The topological polar surface area (TPSA) is 35.6 Å². The Bertz CT molecular complexity index is 411. The van der Waals surface area contributed by atoms with Crippen LogP contribution in [0.15, 0.2) is 16.8 Å². The van der Waals surface area contributed by atoms with Crippen molar-refractivity contribution in [3.63, 3.8) is 0 Å². The summed E-state index contributed by atoms with van der Waals surface area (Å²) in [4.78, 5) is 16.5. The standard InChI is InChI=1S/C15H25N3OS/c1-12(2)16-15(19)10-17-5-7-18(8-6-17)13(3)14-4-9-20-11-14/h4,9,11-13H,5-8,10H2,1-3H3,(H,16,19). The van der Waals surface area contributed by atoms with E-state index >= 15 is 0 Å². The first-order valence-electron chi connectivity index (χ1n) is 7.34. The number of carbonyl (C=O) groups is 1. The second-order valence-electron chi connectivity index (χ2n) is 5.77. The van der Waals surface area contributed by atoms with Crippen molar-refractivity contribution < 1.29 is 4.79 Å². The van der Waals surface area contributed by atoms with Crippen LogP contribution in [0.5, 0.6) is 0 Å². The molecular weight excluding hydrogens is 270 g/mol. The van der Waals surface area contributed by atoms with Crippen LogP contribution in [0.4, 0.5) is 0 Å². The lowest BCUT2D eigenvalue weighted by molar-refractivity contribution is -0.123. The molecule has 1 aromatic heterocycles. The minimum Gasteiger partial charge on any atom is -0.353 e. The van der Waals surface area contributed by atoms with Gasteiger partial charge in [0.1, 0.15) is 0 Å². The van der Waals surface area contributed by atoms with Crippen LogP contribution >= 0.6 is 11.3 Å². The largest absolute Gasteiger partial charge is 0.353 e. The molecule has 1 aliphatic rings. The number of thiophene rings is 1. The molecule has 1 N–H and O–H groups in total. The van der Waals surface area contributed by atoms with E-state index in [2.05, 4.69) is 38.9 Å². The molecule has 1 atom stereocenters. The maximum absolute atomic E-state index is 11.8. The summed E-state index contributed by atoms with van der Waals surface area (Å²) in [5.74, 6) is 0.138. The lowest BCUT2D eigenvalue weighted by Crippen LogP contribution is -2.50. The lowest BCUT2D eigenvalue weighted by atomic mass is 10.1. The van der Waals surface area contributed by atoms with E-state index in [1.54, 1.807) is 11.3 Å². The number of nitrogens with zero attached hydrogens (tertiary/aromatic N) is 2. The van der Waals surface area contributed by atoms with Crippen molar-refractivity contribution in [1.29, 1.82) is 0 Å². The van der Waals surface area contributed by atoms with Crippen molar-refractivity contribution >= 4 is 17.2 Å². The molecule has 1 amide bonds. The van der Waals surface area contributed by atoms with E-state index in [0.717, 1.165) is 26.2 Å².